The molecule has 0 spiro atoms. The van der Waals surface area contributed by atoms with E-state index in [0.717, 1.165) is 24.3 Å². The summed E-state index contributed by atoms with van der Waals surface area (Å²) in [7, 11) is -4.26. The Morgan fingerprint density at radius 1 is 0.806 bits per heavy atom. The molecule has 0 saturated heterocycles. The van der Waals surface area contributed by atoms with Crippen molar-refractivity contribution in [3.8, 4) is 0 Å². The number of rotatable bonds is 4. The van der Waals surface area contributed by atoms with Crippen LogP contribution < -0.4 is 5.73 Å². The number of nitrogens with two attached hydrogens (primary N) is 1. The van der Waals surface area contributed by atoms with E-state index in [1.165, 1.54) is 0 Å². The van der Waals surface area contributed by atoms with Crippen LogP contribution in [0.25, 0.3) is 0 Å². The first-order chi connectivity index (χ1) is 14.1. The van der Waals surface area contributed by atoms with E-state index in [1.807, 2.05) is 0 Å². The Hall–Kier alpha value is -2.21. The molecule has 0 atom stereocenters. The molecule has 0 aliphatic heterocycles. The van der Waals surface area contributed by atoms with Crippen LogP contribution in [0.4, 0.5) is 35.1 Å². The first-order valence-electron chi connectivity index (χ1n) is 8.75. The molecule has 1 aliphatic carbocycles. The number of sulfone groups is 1. The van der Waals surface area contributed by atoms with Gasteiger partial charge in [-0.2, -0.15) is 26.3 Å². The van der Waals surface area contributed by atoms with Gasteiger partial charge in [-0.15, -0.1) is 0 Å². The van der Waals surface area contributed by atoms with Gasteiger partial charge in [0.05, 0.1) is 4.90 Å². The Bertz CT molecular complexity index is 1040. The van der Waals surface area contributed by atoms with Gasteiger partial charge in [0.25, 0.3) is 0 Å². The Morgan fingerprint density at radius 3 is 1.65 bits per heavy atom. The molecule has 0 radical (unpaired) electrons. The summed E-state index contributed by atoms with van der Waals surface area (Å²) in [6.45, 7) is 0. The fraction of sp³-hybridized carbons (Fsp3) is 0.368. The first kappa shape index (κ1) is 23.5. The summed E-state index contributed by atoms with van der Waals surface area (Å²) in [6.07, 6.45) is -12.9. The number of hydrogen-bond donors (Lipinski definition) is 1. The molecule has 0 unspecified atom stereocenters. The third-order valence-electron chi connectivity index (χ3n) is 5.41. The molecule has 2 aromatic rings. The second-order valence-corrected chi connectivity index (χ2v) is 9.61. The summed E-state index contributed by atoms with van der Waals surface area (Å²) in [4.78, 5) is -0.296. The van der Waals surface area contributed by atoms with Gasteiger partial charge in [-0.25, -0.2) is 17.2 Å². The predicted octanol–water partition coefficient (Wildman–Crippen LogP) is 4.91. The van der Waals surface area contributed by atoms with Crippen LogP contribution in [0.15, 0.2) is 53.4 Å². The summed E-state index contributed by atoms with van der Waals surface area (Å²) < 4.78 is 130. The molecule has 1 aliphatic rings. The monoisotopic (exact) mass is 473 g/mol. The first-order valence-corrected chi connectivity index (χ1v) is 10.2. The smallest absolute Gasteiger partial charge is 0.328 e. The van der Waals surface area contributed by atoms with Crippen LogP contribution >= 0.6 is 0 Å². The highest BCUT2D eigenvalue weighted by atomic mass is 32.2. The minimum absolute atomic E-state index is 0.144. The molecule has 170 valence electrons. The minimum Gasteiger partial charge on any atom is -0.328 e. The molecular formula is C19H15F8NO2S. The van der Waals surface area contributed by atoms with E-state index in [9.17, 15) is 43.5 Å². The van der Waals surface area contributed by atoms with E-state index < -0.39 is 50.0 Å². The van der Waals surface area contributed by atoms with Crippen molar-refractivity contribution in [2.45, 2.75) is 46.5 Å². The third-order valence-corrected chi connectivity index (χ3v) is 7.90. The van der Waals surface area contributed by atoms with E-state index in [4.69, 9.17) is 5.73 Å². The zero-order valence-electron chi connectivity index (χ0n) is 15.4. The van der Waals surface area contributed by atoms with Gasteiger partial charge in [0.15, 0.2) is 9.84 Å². The van der Waals surface area contributed by atoms with Crippen LogP contribution in [-0.2, 0) is 20.3 Å². The van der Waals surface area contributed by atoms with Crippen molar-refractivity contribution >= 4 is 9.84 Å². The zero-order valence-corrected chi connectivity index (χ0v) is 16.3. The molecule has 3 rings (SSSR count). The number of halogens is 8. The maximum Gasteiger partial charge on any atom is 0.435 e. The lowest BCUT2D eigenvalue weighted by atomic mass is 9.74. The minimum atomic E-state index is -6.29. The van der Waals surface area contributed by atoms with Crippen LogP contribution in [0.5, 0.6) is 0 Å². The van der Waals surface area contributed by atoms with E-state index in [-0.39, 0.29) is 35.4 Å². The van der Waals surface area contributed by atoms with Gasteiger partial charge in [-0.3, -0.25) is 0 Å². The number of alkyl halides is 7. The summed E-state index contributed by atoms with van der Waals surface area (Å²) in [6, 6.07) is 5.14. The van der Waals surface area contributed by atoms with Crippen molar-refractivity contribution in [2.75, 3.05) is 0 Å². The van der Waals surface area contributed by atoms with E-state index in [1.54, 1.807) is 0 Å². The molecule has 2 N–H and O–H groups in total. The van der Waals surface area contributed by atoms with E-state index in [0.29, 0.717) is 12.1 Å². The molecule has 2 aromatic carbocycles. The Kier molecular flexibility index (Phi) is 5.41. The van der Waals surface area contributed by atoms with Gasteiger partial charge in [-0.1, -0.05) is 24.3 Å². The quantitative estimate of drug-likeness (QED) is 0.508. The lowest BCUT2D eigenvalue weighted by Crippen LogP contribution is -2.54. The molecule has 0 bridgehead atoms. The van der Waals surface area contributed by atoms with Crippen molar-refractivity contribution in [3.63, 3.8) is 0 Å². The fourth-order valence-electron chi connectivity index (χ4n) is 3.73. The van der Waals surface area contributed by atoms with Crippen molar-refractivity contribution in [3.05, 3.63) is 65.5 Å². The van der Waals surface area contributed by atoms with E-state index >= 15 is 0 Å². The van der Waals surface area contributed by atoms with Crippen LogP contribution in [0.1, 0.15) is 24.0 Å². The highest BCUT2D eigenvalue weighted by Gasteiger charge is 2.73. The average Bonchev–Trinajstić information content (AvgIpc) is 2.63. The standard InChI is InChI=1S/C19H15F8NO2S/c20-13-5-7-15(8-6-13)31(29,30)16(9-14(28)10-16)11-1-3-12(4-2-11)17(21,18(22,23)24)19(25,26)27/h1-8,14H,9-10,28H2/t14-,16+. The summed E-state index contributed by atoms with van der Waals surface area (Å²) in [5.74, 6) is -0.707. The molecule has 12 heteroatoms. The molecule has 31 heavy (non-hydrogen) atoms. The Morgan fingerprint density at radius 2 is 1.26 bits per heavy atom. The summed E-state index contributed by atoms with van der Waals surface area (Å²) in [5.41, 5.74) is -1.78. The second kappa shape index (κ2) is 7.16. The number of hydrogen-bond acceptors (Lipinski definition) is 3. The van der Waals surface area contributed by atoms with Gasteiger partial charge in [0, 0.05) is 11.6 Å². The van der Waals surface area contributed by atoms with Crippen molar-refractivity contribution < 1.29 is 43.5 Å². The molecule has 0 heterocycles. The van der Waals surface area contributed by atoms with Gasteiger partial charge in [-0.05, 0) is 42.7 Å². The van der Waals surface area contributed by atoms with Crippen molar-refractivity contribution in [1.29, 1.82) is 0 Å². The van der Waals surface area contributed by atoms with Gasteiger partial charge >= 0.3 is 18.0 Å². The molecular weight excluding hydrogens is 458 g/mol. The second-order valence-electron chi connectivity index (χ2n) is 7.35. The SMILES string of the molecule is N[C@H]1C[C@@](c2ccc(C(F)(C(F)(F)F)C(F)(F)F)cc2)(S(=O)(=O)c2ccc(F)cc2)C1. The fourth-order valence-corrected chi connectivity index (χ4v) is 5.99. The molecule has 1 fully saturated rings. The number of benzene rings is 2. The summed E-state index contributed by atoms with van der Waals surface area (Å²) in [5, 5.41) is 0. The zero-order chi connectivity index (χ0) is 23.5. The van der Waals surface area contributed by atoms with Crippen LogP contribution in [0, 0.1) is 5.82 Å². The normalized spacial score (nSPS) is 22.8. The van der Waals surface area contributed by atoms with Crippen molar-refractivity contribution in [1.82, 2.24) is 0 Å². The third kappa shape index (κ3) is 3.49. The largest absolute Gasteiger partial charge is 0.435 e. The molecule has 0 amide bonds. The van der Waals surface area contributed by atoms with Gasteiger partial charge in [0.2, 0.25) is 0 Å². The van der Waals surface area contributed by atoms with Crippen LogP contribution in [0.2, 0.25) is 0 Å². The molecule has 1 saturated carbocycles. The van der Waals surface area contributed by atoms with Crippen LogP contribution in [0.3, 0.4) is 0 Å². The Balaban J connectivity index is 2.10. The molecule has 3 nitrogen and oxygen atoms in total. The lowest BCUT2D eigenvalue weighted by molar-refractivity contribution is -0.348. The van der Waals surface area contributed by atoms with Crippen LogP contribution in [-0.4, -0.2) is 26.8 Å². The highest BCUT2D eigenvalue weighted by Crippen LogP contribution is 2.54. The lowest BCUT2D eigenvalue weighted by Gasteiger charge is -2.45. The highest BCUT2D eigenvalue weighted by molar-refractivity contribution is 7.92. The predicted molar refractivity (Wildman–Crippen MR) is 93.8 cm³/mol. The van der Waals surface area contributed by atoms with Crippen molar-refractivity contribution in [2.24, 2.45) is 5.73 Å². The van der Waals surface area contributed by atoms with Gasteiger partial charge in [0.1, 0.15) is 10.6 Å². The topological polar surface area (TPSA) is 60.2 Å². The van der Waals surface area contributed by atoms with Gasteiger partial charge < -0.3 is 5.73 Å². The van der Waals surface area contributed by atoms with E-state index in [2.05, 4.69) is 0 Å². The summed E-state index contributed by atoms with van der Waals surface area (Å²) >= 11 is 0. The maximum atomic E-state index is 14.2. The Labute approximate surface area is 171 Å². The molecule has 0 aromatic heterocycles. The maximum absolute atomic E-state index is 14.2. The average molecular weight is 473 g/mol.